The molecule has 1 heterocycles. The molecule has 1 aromatic heterocycles. The van der Waals surface area contributed by atoms with Crippen LogP contribution in [0.3, 0.4) is 0 Å². The third-order valence-electron chi connectivity index (χ3n) is 4.91. The van der Waals surface area contributed by atoms with E-state index in [4.69, 9.17) is 0 Å². The molecule has 21 heavy (non-hydrogen) atoms. The first kappa shape index (κ1) is 16.5. The summed E-state index contributed by atoms with van der Waals surface area (Å²) in [5.74, 6) is 0.832. The molecule has 0 saturated heterocycles. The Morgan fingerprint density at radius 1 is 1.19 bits per heavy atom. The summed E-state index contributed by atoms with van der Waals surface area (Å²) < 4.78 is 0. The van der Waals surface area contributed by atoms with Gasteiger partial charge in [-0.2, -0.15) is 0 Å². The van der Waals surface area contributed by atoms with Gasteiger partial charge >= 0.3 is 0 Å². The minimum Gasteiger partial charge on any atom is -0.313 e. The number of hydrogen-bond donors (Lipinski definition) is 1. The van der Waals surface area contributed by atoms with Gasteiger partial charge in [0.15, 0.2) is 0 Å². The second-order valence-electron chi connectivity index (χ2n) is 6.64. The van der Waals surface area contributed by atoms with E-state index >= 15 is 0 Å². The minimum absolute atomic E-state index is 0.608. The van der Waals surface area contributed by atoms with E-state index in [0.29, 0.717) is 6.04 Å². The fourth-order valence-electron chi connectivity index (χ4n) is 3.57. The molecule has 2 rings (SSSR count). The van der Waals surface area contributed by atoms with Crippen LogP contribution in [0.2, 0.25) is 0 Å². The largest absolute Gasteiger partial charge is 0.313 e. The number of hydrogen-bond acceptors (Lipinski definition) is 2. The predicted octanol–water partition coefficient (Wildman–Crippen LogP) is 4.66. The van der Waals surface area contributed by atoms with Gasteiger partial charge in [-0.25, -0.2) is 0 Å². The normalized spacial score (nSPS) is 19.0. The zero-order chi connectivity index (χ0) is 14.9. The van der Waals surface area contributed by atoms with Crippen LogP contribution < -0.4 is 5.32 Å². The van der Waals surface area contributed by atoms with Crippen molar-refractivity contribution in [2.24, 2.45) is 5.92 Å². The maximum absolute atomic E-state index is 4.62. The molecular formula is C19H32N2. The topological polar surface area (TPSA) is 24.9 Å². The van der Waals surface area contributed by atoms with Gasteiger partial charge in [0, 0.05) is 24.4 Å². The number of rotatable bonds is 6. The highest BCUT2D eigenvalue weighted by molar-refractivity contribution is 5.18. The first-order valence-corrected chi connectivity index (χ1v) is 8.95. The summed E-state index contributed by atoms with van der Waals surface area (Å²) >= 11 is 0. The van der Waals surface area contributed by atoms with Crippen LogP contribution in [0.1, 0.15) is 69.5 Å². The van der Waals surface area contributed by atoms with Crippen molar-refractivity contribution in [1.29, 1.82) is 0 Å². The van der Waals surface area contributed by atoms with Gasteiger partial charge in [0.2, 0.25) is 0 Å². The molecule has 1 atom stereocenters. The molecule has 1 unspecified atom stereocenters. The van der Waals surface area contributed by atoms with E-state index < -0.39 is 0 Å². The Bertz CT molecular complexity index is 394. The second kappa shape index (κ2) is 9.19. The number of aryl methyl sites for hydroxylation is 1. The van der Waals surface area contributed by atoms with Crippen molar-refractivity contribution in [3.63, 3.8) is 0 Å². The van der Waals surface area contributed by atoms with Crippen molar-refractivity contribution in [2.75, 3.05) is 6.54 Å². The van der Waals surface area contributed by atoms with Gasteiger partial charge in [0.1, 0.15) is 0 Å². The van der Waals surface area contributed by atoms with Gasteiger partial charge in [-0.1, -0.05) is 45.1 Å². The average Bonchev–Trinajstić information content (AvgIpc) is 2.45. The van der Waals surface area contributed by atoms with E-state index in [1.54, 1.807) is 0 Å². The van der Waals surface area contributed by atoms with E-state index in [-0.39, 0.29) is 0 Å². The summed E-state index contributed by atoms with van der Waals surface area (Å²) in [5, 5.41) is 3.82. The van der Waals surface area contributed by atoms with Crippen LogP contribution in [0.25, 0.3) is 0 Å². The molecule has 1 aliphatic rings. The van der Waals surface area contributed by atoms with Crippen molar-refractivity contribution >= 4 is 0 Å². The number of nitrogens with one attached hydrogen (secondary N) is 1. The first-order chi connectivity index (χ1) is 10.3. The van der Waals surface area contributed by atoms with E-state index in [1.807, 2.05) is 12.3 Å². The quantitative estimate of drug-likeness (QED) is 0.823. The fraction of sp³-hybridized carbons (Fsp3) is 0.737. The Balaban J connectivity index is 2.03. The highest BCUT2D eigenvalue weighted by Crippen LogP contribution is 2.26. The molecule has 1 aromatic rings. The van der Waals surface area contributed by atoms with Crippen molar-refractivity contribution in [3.8, 4) is 0 Å². The monoisotopic (exact) mass is 288 g/mol. The minimum atomic E-state index is 0.608. The van der Waals surface area contributed by atoms with E-state index in [2.05, 4.69) is 30.2 Å². The molecule has 2 nitrogen and oxygen atoms in total. The predicted molar refractivity (Wildman–Crippen MR) is 90.6 cm³/mol. The lowest BCUT2D eigenvalue weighted by Crippen LogP contribution is -2.39. The zero-order valence-corrected chi connectivity index (χ0v) is 13.9. The summed E-state index contributed by atoms with van der Waals surface area (Å²) in [6.07, 6.45) is 14.2. The number of pyridine rings is 1. The van der Waals surface area contributed by atoms with Gasteiger partial charge in [-0.05, 0) is 50.3 Å². The number of aromatic nitrogens is 1. The second-order valence-corrected chi connectivity index (χ2v) is 6.64. The molecule has 118 valence electrons. The highest BCUT2D eigenvalue weighted by Gasteiger charge is 2.22. The van der Waals surface area contributed by atoms with Crippen LogP contribution in [0.15, 0.2) is 18.3 Å². The van der Waals surface area contributed by atoms with Gasteiger partial charge in [-0.3, -0.25) is 4.98 Å². The van der Waals surface area contributed by atoms with Crippen molar-refractivity contribution < 1.29 is 0 Å². The molecule has 0 radical (unpaired) electrons. The Morgan fingerprint density at radius 2 is 1.90 bits per heavy atom. The summed E-state index contributed by atoms with van der Waals surface area (Å²) in [7, 11) is 0. The molecule has 1 aliphatic carbocycles. The van der Waals surface area contributed by atoms with Gasteiger partial charge in [0.05, 0.1) is 0 Å². The van der Waals surface area contributed by atoms with Crippen molar-refractivity contribution in [2.45, 2.75) is 77.7 Å². The SMILES string of the molecule is CCCNC(Cc1ncccc1C)C1CCCCCCC1. The zero-order valence-electron chi connectivity index (χ0n) is 13.9. The number of nitrogens with zero attached hydrogens (tertiary/aromatic N) is 1. The summed E-state index contributed by atoms with van der Waals surface area (Å²) in [5.41, 5.74) is 2.62. The third-order valence-corrected chi connectivity index (χ3v) is 4.91. The van der Waals surface area contributed by atoms with Crippen molar-refractivity contribution in [3.05, 3.63) is 29.6 Å². The Hall–Kier alpha value is -0.890. The van der Waals surface area contributed by atoms with E-state index in [0.717, 1.165) is 18.9 Å². The summed E-state index contributed by atoms with van der Waals surface area (Å²) in [6.45, 7) is 5.58. The van der Waals surface area contributed by atoms with Gasteiger partial charge < -0.3 is 5.32 Å². The lowest BCUT2D eigenvalue weighted by molar-refractivity contribution is 0.282. The molecule has 0 aliphatic heterocycles. The molecule has 2 heteroatoms. The van der Waals surface area contributed by atoms with Crippen LogP contribution in [-0.4, -0.2) is 17.6 Å². The molecule has 1 fully saturated rings. The molecule has 0 bridgehead atoms. The first-order valence-electron chi connectivity index (χ1n) is 8.95. The molecular weight excluding hydrogens is 256 g/mol. The van der Waals surface area contributed by atoms with E-state index in [1.165, 1.54) is 62.6 Å². The van der Waals surface area contributed by atoms with Crippen LogP contribution in [0.4, 0.5) is 0 Å². The summed E-state index contributed by atoms with van der Waals surface area (Å²) in [6, 6.07) is 4.84. The maximum atomic E-state index is 4.62. The molecule has 0 aromatic carbocycles. The maximum Gasteiger partial charge on any atom is 0.0448 e. The lowest BCUT2D eigenvalue weighted by atomic mass is 9.83. The fourth-order valence-corrected chi connectivity index (χ4v) is 3.57. The average molecular weight is 288 g/mol. The van der Waals surface area contributed by atoms with Gasteiger partial charge in [0.25, 0.3) is 0 Å². The van der Waals surface area contributed by atoms with Crippen LogP contribution in [-0.2, 0) is 6.42 Å². The van der Waals surface area contributed by atoms with Crippen LogP contribution in [0.5, 0.6) is 0 Å². The third kappa shape index (κ3) is 5.43. The molecule has 0 amide bonds. The summed E-state index contributed by atoms with van der Waals surface area (Å²) in [4.78, 5) is 4.62. The Labute approximate surface area is 130 Å². The van der Waals surface area contributed by atoms with Crippen LogP contribution >= 0.6 is 0 Å². The smallest absolute Gasteiger partial charge is 0.0448 e. The lowest BCUT2D eigenvalue weighted by Gasteiger charge is -2.30. The van der Waals surface area contributed by atoms with Crippen molar-refractivity contribution in [1.82, 2.24) is 10.3 Å². The Kier molecular flexibility index (Phi) is 7.21. The molecule has 0 spiro atoms. The van der Waals surface area contributed by atoms with Crippen LogP contribution in [0, 0.1) is 12.8 Å². The standard InChI is InChI=1S/C19H32N2/c1-3-13-20-19(15-18-16(2)10-9-14-21-18)17-11-7-5-4-6-8-12-17/h9-10,14,17,19-20H,3-8,11-13,15H2,1-2H3. The van der Waals surface area contributed by atoms with Gasteiger partial charge in [-0.15, -0.1) is 0 Å². The molecule has 1 saturated carbocycles. The Morgan fingerprint density at radius 3 is 2.57 bits per heavy atom. The van der Waals surface area contributed by atoms with E-state index in [9.17, 15) is 0 Å². The highest BCUT2D eigenvalue weighted by atomic mass is 14.9. The molecule has 1 N–H and O–H groups in total.